The number of hydrogen-bond acceptors (Lipinski definition) is 2. The molecular formula is C19H29FN2. The van der Waals surface area contributed by atoms with Crippen LogP contribution in [0, 0.1) is 11.7 Å². The molecule has 0 aromatic heterocycles. The van der Waals surface area contributed by atoms with Crippen molar-refractivity contribution in [3.63, 3.8) is 0 Å². The predicted molar refractivity (Wildman–Crippen MR) is 89.5 cm³/mol. The molecule has 0 spiro atoms. The van der Waals surface area contributed by atoms with E-state index in [1.54, 1.807) is 12.1 Å². The molecule has 0 bridgehead atoms. The molecule has 2 nitrogen and oxygen atoms in total. The number of nitrogens with zero attached hydrogens (tertiary/aromatic N) is 2. The normalized spacial score (nSPS) is 25.5. The second-order valence-corrected chi connectivity index (χ2v) is 7.20. The highest BCUT2D eigenvalue weighted by Crippen LogP contribution is 2.26. The van der Waals surface area contributed by atoms with Gasteiger partial charge in [0.25, 0.3) is 0 Å². The van der Waals surface area contributed by atoms with Crippen LogP contribution < -0.4 is 0 Å². The SMILES string of the molecule is CN1CCC(N2CCC[C@@H](CCc3ccc(F)cc3)C2)CC1. The fourth-order valence-corrected chi connectivity index (χ4v) is 4.05. The van der Waals surface area contributed by atoms with Crippen LogP contribution in [0.2, 0.25) is 0 Å². The Morgan fingerprint density at radius 3 is 2.50 bits per heavy atom. The molecule has 2 heterocycles. The maximum absolute atomic E-state index is 13.0. The first-order valence-corrected chi connectivity index (χ1v) is 8.88. The second-order valence-electron chi connectivity index (χ2n) is 7.20. The van der Waals surface area contributed by atoms with Gasteiger partial charge in [-0.1, -0.05) is 12.1 Å². The van der Waals surface area contributed by atoms with E-state index in [0.29, 0.717) is 0 Å². The molecule has 1 atom stereocenters. The molecule has 2 aliphatic heterocycles. The monoisotopic (exact) mass is 304 g/mol. The lowest BCUT2D eigenvalue weighted by molar-refractivity contribution is 0.0766. The van der Waals surface area contributed by atoms with Crippen LogP contribution in [0.5, 0.6) is 0 Å². The number of piperidine rings is 2. The van der Waals surface area contributed by atoms with Crippen molar-refractivity contribution in [2.45, 2.75) is 44.6 Å². The van der Waals surface area contributed by atoms with Gasteiger partial charge in [0.1, 0.15) is 5.82 Å². The summed E-state index contributed by atoms with van der Waals surface area (Å²) in [5.74, 6) is 0.688. The maximum Gasteiger partial charge on any atom is 0.123 e. The molecule has 122 valence electrons. The Morgan fingerprint density at radius 1 is 1.05 bits per heavy atom. The molecule has 0 amide bonds. The zero-order valence-electron chi connectivity index (χ0n) is 13.8. The van der Waals surface area contributed by atoms with Crippen molar-refractivity contribution in [1.82, 2.24) is 9.80 Å². The Morgan fingerprint density at radius 2 is 1.77 bits per heavy atom. The van der Waals surface area contributed by atoms with Crippen molar-refractivity contribution in [3.8, 4) is 0 Å². The molecule has 0 saturated carbocycles. The topological polar surface area (TPSA) is 6.48 Å². The predicted octanol–water partition coefficient (Wildman–Crippen LogP) is 3.56. The lowest BCUT2D eigenvalue weighted by Gasteiger charge is -2.41. The van der Waals surface area contributed by atoms with E-state index in [9.17, 15) is 4.39 Å². The van der Waals surface area contributed by atoms with Gasteiger partial charge in [0.2, 0.25) is 0 Å². The number of rotatable bonds is 4. The van der Waals surface area contributed by atoms with E-state index in [1.807, 2.05) is 12.1 Å². The Bertz CT molecular complexity index is 451. The van der Waals surface area contributed by atoms with Crippen molar-refractivity contribution in [2.24, 2.45) is 5.92 Å². The van der Waals surface area contributed by atoms with Crippen LogP contribution in [0.15, 0.2) is 24.3 Å². The molecule has 2 fully saturated rings. The minimum Gasteiger partial charge on any atom is -0.306 e. The summed E-state index contributed by atoms with van der Waals surface area (Å²) in [6.07, 6.45) is 7.72. The van der Waals surface area contributed by atoms with Gasteiger partial charge in [-0.15, -0.1) is 0 Å². The summed E-state index contributed by atoms with van der Waals surface area (Å²) in [5.41, 5.74) is 1.28. The molecule has 2 aliphatic rings. The summed E-state index contributed by atoms with van der Waals surface area (Å²) in [6, 6.07) is 7.85. The summed E-state index contributed by atoms with van der Waals surface area (Å²) in [4.78, 5) is 5.21. The van der Waals surface area contributed by atoms with Gasteiger partial charge in [-0.2, -0.15) is 0 Å². The van der Waals surface area contributed by atoms with Gasteiger partial charge in [0.05, 0.1) is 0 Å². The van der Waals surface area contributed by atoms with Crippen LogP contribution in [0.3, 0.4) is 0 Å². The van der Waals surface area contributed by atoms with Gasteiger partial charge in [0, 0.05) is 12.6 Å². The van der Waals surface area contributed by atoms with Crippen molar-refractivity contribution in [1.29, 1.82) is 0 Å². The second kappa shape index (κ2) is 7.56. The van der Waals surface area contributed by atoms with E-state index in [0.717, 1.165) is 18.4 Å². The van der Waals surface area contributed by atoms with E-state index < -0.39 is 0 Å². The van der Waals surface area contributed by atoms with Crippen LogP contribution >= 0.6 is 0 Å². The third-order valence-corrected chi connectivity index (χ3v) is 5.51. The molecule has 1 aromatic carbocycles. The maximum atomic E-state index is 13.0. The first-order valence-electron chi connectivity index (χ1n) is 8.88. The fraction of sp³-hybridized carbons (Fsp3) is 0.684. The number of aryl methyl sites for hydroxylation is 1. The van der Waals surface area contributed by atoms with Gasteiger partial charge >= 0.3 is 0 Å². The largest absolute Gasteiger partial charge is 0.306 e. The van der Waals surface area contributed by atoms with Crippen LogP contribution in [0.25, 0.3) is 0 Å². The molecule has 22 heavy (non-hydrogen) atoms. The minimum absolute atomic E-state index is 0.130. The average Bonchev–Trinajstić information content (AvgIpc) is 2.55. The molecule has 0 radical (unpaired) electrons. The van der Waals surface area contributed by atoms with Gasteiger partial charge in [-0.05, 0) is 88.8 Å². The van der Waals surface area contributed by atoms with Crippen LogP contribution in [0.4, 0.5) is 4.39 Å². The average molecular weight is 304 g/mol. The Labute approximate surface area is 134 Å². The highest BCUT2D eigenvalue weighted by atomic mass is 19.1. The van der Waals surface area contributed by atoms with Crippen molar-refractivity contribution in [2.75, 3.05) is 33.2 Å². The molecule has 1 aromatic rings. The number of benzene rings is 1. The lowest BCUT2D eigenvalue weighted by Crippen LogP contribution is -2.47. The standard InChI is InChI=1S/C19H29FN2/c1-21-13-10-19(11-14-21)22-12-2-3-17(15-22)5-4-16-6-8-18(20)9-7-16/h6-9,17,19H,2-5,10-15H2,1H3/t17-/m0/s1. The van der Waals surface area contributed by atoms with Crippen LogP contribution in [-0.4, -0.2) is 49.1 Å². The van der Waals surface area contributed by atoms with Crippen LogP contribution in [0.1, 0.15) is 37.7 Å². The molecule has 2 saturated heterocycles. The zero-order valence-corrected chi connectivity index (χ0v) is 13.8. The van der Waals surface area contributed by atoms with E-state index in [-0.39, 0.29) is 5.82 Å². The van der Waals surface area contributed by atoms with Gasteiger partial charge < -0.3 is 9.80 Å². The van der Waals surface area contributed by atoms with Crippen molar-refractivity contribution >= 4 is 0 Å². The van der Waals surface area contributed by atoms with Gasteiger partial charge in [0.15, 0.2) is 0 Å². The van der Waals surface area contributed by atoms with E-state index >= 15 is 0 Å². The summed E-state index contributed by atoms with van der Waals surface area (Å²) >= 11 is 0. The highest BCUT2D eigenvalue weighted by molar-refractivity contribution is 5.16. The summed E-state index contributed by atoms with van der Waals surface area (Å²) in [5, 5.41) is 0. The molecule has 0 unspecified atom stereocenters. The van der Waals surface area contributed by atoms with E-state index in [2.05, 4.69) is 16.8 Å². The quantitative estimate of drug-likeness (QED) is 0.839. The van der Waals surface area contributed by atoms with E-state index in [4.69, 9.17) is 0 Å². The molecular weight excluding hydrogens is 275 g/mol. The molecule has 3 heteroatoms. The lowest BCUT2D eigenvalue weighted by atomic mass is 9.89. The van der Waals surface area contributed by atoms with Crippen molar-refractivity contribution in [3.05, 3.63) is 35.6 Å². The number of halogens is 1. The third kappa shape index (κ3) is 4.30. The van der Waals surface area contributed by atoms with Crippen LogP contribution in [-0.2, 0) is 6.42 Å². The Hall–Kier alpha value is -0.930. The Kier molecular flexibility index (Phi) is 5.48. The molecule has 0 aliphatic carbocycles. The summed E-state index contributed by atoms with van der Waals surface area (Å²) < 4.78 is 13.0. The van der Waals surface area contributed by atoms with Gasteiger partial charge in [-0.25, -0.2) is 4.39 Å². The number of likely N-dealkylation sites (tertiary alicyclic amines) is 2. The fourth-order valence-electron chi connectivity index (χ4n) is 4.05. The molecule has 3 rings (SSSR count). The minimum atomic E-state index is -0.130. The molecule has 0 N–H and O–H groups in total. The smallest absolute Gasteiger partial charge is 0.123 e. The Balaban J connectivity index is 1.47. The van der Waals surface area contributed by atoms with Crippen molar-refractivity contribution < 1.29 is 4.39 Å². The highest BCUT2D eigenvalue weighted by Gasteiger charge is 2.27. The first-order chi connectivity index (χ1) is 10.7. The number of hydrogen-bond donors (Lipinski definition) is 0. The zero-order chi connectivity index (χ0) is 15.4. The summed E-state index contributed by atoms with van der Waals surface area (Å²) in [6.45, 7) is 5.07. The first kappa shape index (κ1) is 15.9. The van der Waals surface area contributed by atoms with E-state index in [1.165, 1.54) is 63.8 Å². The summed E-state index contributed by atoms with van der Waals surface area (Å²) in [7, 11) is 2.23. The van der Waals surface area contributed by atoms with Gasteiger partial charge in [-0.3, -0.25) is 0 Å². The third-order valence-electron chi connectivity index (χ3n) is 5.51.